The van der Waals surface area contributed by atoms with Gasteiger partial charge in [0.05, 0.1) is 12.7 Å². The molecule has 0 fully saturated rings. The van der Waals surface area contributed by atoms with Gasteiger partial charge in [-0.1, -0.05) is 40.2 Å². The summed E-state index contributed by atoms with van der Waals surface area (Å²) in [6, 6.07) is 14.2. The molecule has 0 bridgehead atoms. The van der Waals surface area contributed by atoms with E-state index in [0.717, 1.165) is 40.8 Å². The minimum atomic E-state index is -0.436. The first kappa shape index (κ1) is 14.6. The van der Waals surface area contributed by atoms with Crippen LogP contribution in [0.15, 0.2) is 46.9 Å². The van der Waals surface area contributed by atoms with Gasteiger partial charge in [-0.25, -0.2) is 0 Å². The van der Waals surface area contributed by atoms with Crippen LogP contribution >= 0.6 is 15.9 Å². The monoisotopic (exact) mass is 346 g/mol. The number of para-hydroxylation sites is 1. The smallest absolute Gasteiger partial charge is 0.122 e. The number of hydrogen-bond donors (Lipinski definition) is 1. The molecule has 0 radical (unpaired) electrons. The predicted molar refractivity (Wildman–Crippen MR) is 87.8 cm³/mol. The largest absolute Gasteiger partial charge is 0.493 e. The van der Waals surface area contributed by atoms with E-state index in [4.69, 9.17) is 4.74 Å². The maximum absolute atomic E-state index is 10.6. The maximum Gasteiger partial charge on any atom is 0.122 e. The van der Waals surface area contributed by atoms with Crippen LogP contribution in [0.5, 0.6) is 5.75 Å². The molecule has 2 unspecified atom stereocenters. The molecule has 1 N–H and O–H groups in total. The lowest BCUT2D eigenvalue weighted by Gasteiger charge is -2.28. The van der Waals surface area contributed by atoms with Crippen molar-refractivity contribution in [3.8, 4) is 5.75 Å². The fourth-order valence-electron chi connectivity index (χ4n) is 3.07. The van der Waals surface area contributed by atoms with E-state index in [9.17, 15) is 5.11 Å². The molecule has 1 aliphatic heterocycles. The van der Waals surface area contributed by atoms with Gasteiger partial charge in [-0.3, -0.25) is 0 Å². The second-order valence-corrected chi connectivity index (χ2v) is 6.54. The van der Waals surface area contributed by atoms with Gasteiger partial charge in [0.15, 0.2) is 0 Å². The molecule has 1 heterocycles. The Morgan fingerprint density at radius 3 is 2.90 bits per heavy atom. The molecule has 0 saturated carbocycles. The zero-order chi connectivity index (χ0) is 14.8. The number of hydrogen-bond acceptors (Lipinski definition) is 2. The number of halogens is 1. The van der Waals surface area contributed by atoms with Gasteiger partial charge in [0.25, 0.3) is 0 Å². The van der Waals surface area contributed by atoms with Crippen molar-refractivity contribution >= 4 is 15.9 Å². The van der Waals surface area contributed by atoms with Crippen LogP contribution in [-0.2, 0) is 0 Å². The van der Waals surface area contributed by atoms with Crippen molar-refractivity contribution in [2.45, 2.75) is 31.8 Å². The maximum atomic E-state index is 10.6. The fraction of sp³-hybridized carbons (Fsp3) is 0.333. The molecule has 3 rings (SSSR count). The Morgan fingerprint density at radius 2 is 2.10 bits per heavy atom. The SMILES string of the molecule is Cc1cc(Br)ccc1C(O)CC1CCOc2ccccc21. The lowest BCUT2D eigenvalue weighted by molar-refractivity contribution is 0.144. The molecule has 1 aliphatic rings. The van der Waals surface area contributed by atoms with Crippen LogP contribution in [0.3, 0.4) is 0 Å². The van der Waals surface area contributed by atoms with Crippen molar-refractivity contribution in [1.82, 2.24) is 0 Å². The van der Waals surface area contributed by atoms with Crippen molar-refractivity contribution in [1.29, 1.82) is 0 Å². The van der Waals surface area contributed by atoms with E-state index in [1.165, 1.54) is 5.56 Å². The average molecular weight is 347 g/mol. The Kier molecular flexibility index (Phi) is 4.32. The molecule has 0 spiro atoms. The van der Waals surface area contributed by atoms with Crippen LogP contribution < -0.4 is 4.74 Å². The van der Waals surface area contributed by atoms with E-state index in [0.29, 0.717) is 5.92 Å². The third kappa shape index (κ3) is 3.14. The van der Waals surface area contributed by atoms with Crippen molar-refractivity contribution in [2.24, 2.45) is 0 Å². The van der Waals surface area contributed by atoms with Crippen LogP contribution in [-0.4, -0.2) is 11.7 Å². The lowest BCUT2D eigenvalue weighted by atomic mass is 9.86. The Hall–Kier alpha value is -1.32. The summed E-state index contributed by atoms with van der Waals surface area (Å²) in [5.74, 6) is 1.32. The van der Waals surface area contributed by atoms with Gasteiger partial charge >= 0.3 is 0 Å². The first-order chi connectivity index (χ1) is 10.1. The highest BCUT2D eigenvalue weighted by Crippen LogP contribution is 2.39. The minimum absolute atomic E-state index is 0.355. The molecule has 110 valence electrons. The molecular formula is C18H19BrO2. The zero-order valence-corrected chi connectivity index (χ0v) is 13.6. The first-order valence-corrected chi connectivity index (χ1v) is 8.10. The van der Waals surface area contributed by atoms with Gasteiger partial charge in [-0.15, -0.1) is 0 Å². The Labute approximate surface area is 133 Å². The Morgan fingerprint density at radius 1 is 1.29 bits per heavy atom. The number of aliphatic hydroxyl groups excluding tert-OH is 1. The Bertz CT molecular complexity index is 639. The third-order valence-electron chi connectivity index (χ3n) is 4.18. The fourth-order valence-corrected chi connectivity index (χ4v) is 3.55. The van der Waals surface area contributed by atoms with Crippen molar-refractivity contribution in [3.63, 3.8) is 0 Å². The zero-order valence-electron chi connectivity index (χ0n) is 12.1. The molecular weight excluding hydrogens is 328 g/mol. The highest BCUT2D eigenvalue weighted by atomic mass is 79.9. The standard InChI is InChI=1S/C18H19BrO2/c1-12-10-14(19)6-7-15(12)17(20)11-13-8-9-21-18-5-3-2-4-16(13)18/h2-7,10,13,17,20H,8-9,11H2,1H3. The molecule has 2 atom stereocenters. The van der Waals surface area contributed by atoms with Crippen LogP contribution in [0.2, 0.25) is 0 Å². The summed E-state index contributed by atoms with van der Waals surface area (Å²) in [6.45, 7) is 2.77. The van der Waals surface area contributed by atoms with E-state index < -0.39 is 6.10 Å². The van der Waals surface area contributed by atoms with E-state index in [-0.39, 0.29) is 0 Å². The van der Waals surface area contributed by atoms with Gasteiger partial charge < -0.3 is 9.84 Å². The lowest BCUT2D eigenvalue weighted by Crippen LogP contribution is -2.16. The molecule has 3 heteroatoms. The van der Waals surface area contributed by atoms with E-state index in [1.807, 2.05) is 37.3 Å². The number of ether oxygens (including phenoxy) is 1. The average Bonchev–Trinajstić information content (AvgIpc) is 2.47. The van der Waals surface area contributed by atoms with Gasteiger partial charge in [-0.05, 0) is 60.6 Å². The van der Waals surface area contributed by atoms with Gasteiger partial charge in [0.2, 0.25) is 0 Å². The third-order valence-corrected chi connectivity index (χ3v) is 4.67. The first-order valence-electron chi connectivity index (χ1n) is 7.31. The van der Waals surface area contributed by atoms with Crippen molar-refractivity contribution in [2.75, 3.05) is 6.61 Å². The van der Waals surface area contributed by atoms with Gasteiger partial charge in [0.1, 0.15) is 5.75 Å². The molecule has 2 aromatic rings. The number of rotatable bonds is 3. The quantitative estimate of drug-likeness (QED) is 0.868. The highest BCUT2D eigenvalue weighted by Gasteiger charge is 2.24. The molecule has 0 amide bonds. The second kappa shape index (κ2) is 6.20. The summed E-state index contributed by atoms with van der Waals surface area (Å²) >= 11 is 3.47. The highest BCUT2D eigenvalue weighted by molar-refractivity contribution is 9.10. The van der Waals surface area contributed by atoms with Gasteiger partial charge in [0, 0.05) is 4.47 Å². The molecule has 2 aromatic carbocycles. The Balaban J connectivity index is 1.81. The number of fused-ring (bicyclic) bond motifs is 1. The molecule has 0 aliphatic carbocycles. The number of aliphatic hydroxyl groups is 1. The predicted octanol–water partition coefficient (Wildman–Crippen LogP) is 4.75. The summed E-state index contributed by atoms with van der Waals surface area (Å²) in [6.07, 6.45) is 1.27. The molecule has 0 saturated heterocycles. The van der Waals surface area contributed by atoms with Crippen LogP contribution in [0.25, 0.3) is 0 Å². The van der Waals surface area contributed by atoms with Crippen molar-refractivity contribution in [3.05, 3.63) is 63.6 Å². The minimum Gasteiger partial charge on any atom is -0.493 e. The molecule has 0 aromatic heterocycles. The second-order valence-electron chi connectivity index (χ2n) is 5.62. The summed E-state index contributed by atoms with van der Waals surface area (Å²) in [4.78, 5) is 0. The van der Waals surface area contributed by atoms with Crippen LogP contribution in [0, 0.1) is 6.92 Å². The summed E-state index contributed by atoms with van der Waals surface area (Å²) in [5.41, 5.74) is 3.36. The summed E-state index contributed by atoms with van der Waals surface area (Å²) < 4.78 is 6.74. The van der Waals surface area contributed by atoms with Crippen LogP contribution in [0.4, 0.5) is 0 Å². The molecule has 21 heavy (non-hydrogen) atoms. The van der Waals surface area contributed by atoms with E-state index >= 15 is 0 Å². The van der Waals surface area contributed by atoms with E-state index in [2.05, 4.69) is 28.1 Å². The number of benzene rings is 2. The topological polar surface area (TPSA) is 29.5 Å². The van der Waals surface area contributed by atoms with Crippen molar-refractivity contribution < 1.29 is 9.84 Å². The number of aryl methyl sites for hydroxylation is 1. The normalized spacial score (nSPS) is 18.7. The summed E-state index contributed by atoms with van der Waals surface area (Å²) in [7, 11) is 0. The van der Waals surface area contributed by atoms with Gasteiger partial charge in [-0.2, -0.15) is 0 Å². The molecule has 2 nitrogen and oxygen atoms in total. The van der Waals surface area contributed by atoms with E-state index in [1.54, 1.807) is 0 Å². The van der Waals surface area contributed by atoms with Crippen LogP contribution in [0.1, 0.15) is 41.6 Å². The summed E-state index contributed by atoms with van der Waals surface area (Å²) in [5, 5.41) is 10.6.